The predicted octanol–water partition coefficient (Wildman–Crippen LogP) is 2.47. The van der Waals surface area contributed by atoms with Crippen molar-refractivity contribution in [3.8, 4) is 11.8 Å². The van der Waals surface area contributed by atoms with Crippen molar-refractivity contribution in [2.24, 2.45) is 5.41 Å². The van der Waals surface area contributed by atoms with E-state index in [9.17, 15) is 0 Å². The molecule has 2 N–H and O–H groups in total. The molecule has 1 fully saturated rings. The molecule has 0 bridgehead atoms. The van der Waals surface area contributed by atoms with Crippen molar-refractivity contribution in [1.29, 1.82) is 0 Å². The summed E-state index contributed by atoms with van der Waals surface area (Å²) in [5, 5.41) is 0.398. The normalized spacial score (nSPS) is 17.0. The van der Waals surface area contributed by atoms with Gasteiger partial charge in [0.1, 0.15) is 11.0 Å². The van der Waals surface area contributed by atoms with Gasteiger partial charge in [-0.1, -0.05) is 23.4 Å². The molecule has 0 aliphatic heterocycles. The Morgan fingerprint density at radius 3 is 2.79 bits per heavy atom. The fourth-order valence-electron chi connectivity index (χ4n) is 1.12. The van der Waals surface area contributed by atoms with Gasteiger partial charge < -0.3 is 5.73 Å². The number of halogens is 1. The van der Waals surface area contributed by atoms with E-state index in [4.69, 9.17) is 17.3 Å². The molecule has 1 aliphatic rings. The zero-order valence-electron chi connectivity index (χ0n) is 7.97. The van der Waals surface area contributed by atoms with Crippen molar-refractivity contribution in [2.45, 2.75) is 19.8 Å². The lowest BCUT2D eigenvalue weighted by atomic mass is 10.1. The summed E-state index contributed by atoms with van der Waals surface area (Å²) in [5.74, 6) is 6.71. The van der Waals surface area contributed by atoms with Crippen LogP contribution in [0.4, 0.5) is 5.82 Å². The Kier molecular flexibility index (Phi) is 2.13. The average Bonchev–Trinajstić information content (AvgIpc) is 2.80. The van der Waals surface area contributed by atoms with Crippen LogP contribution in [0.3, 0.4) is 0 Å². The van der Waals surface area contributed by atoms with E-state index in [-0.39, 0.29) is 5.41 Å². The molecule has 72 valence electrons. The third kappa shape index (κ3) is 2.18. The number of aromatic nitrogens is 1. The Morgan fingerprint density at radius 2 is 2.21 bits per heavy atom. The van der Waals surface area contributed by atoms with Crippen LogP contribution in [0.5, 0.6) is 0 Å². The van der Waals surface area contributed by atoms with Crippen LogP contribution in [0, 0.1) is 17.3 Å². The molecule has 0 radical (unpaired) electrons. The number of rotatable bonds is 0. The summed E-state index contributed by atoms with van der Waals surface area (Å²) >= 11 is 5.76. The number of pyridine rings is 1. The van der Waals surface area contributed by atoms with E-state index < -0.39 is 0 Å². The number of hydrogen-bond donors (Lipinski definition) is 1. The second-order valence-electron chi connectivity index (χ2n) is 3.91. The van der Waals surface area contributed by atoms with Crippen LogP contribution in [0.1, 0.15) is 25.3 Å². The van der Waals surface area contributed by atoms with Crippen molar-refractivity contribution in [3.63, 3.8) is 0 Å². The maximum atomic E-state index is 5.76. The SMILES string of the molecule is CC1(C#Cc2cc(N)nc(Cl)c2)CC1. The molecule has 1 heterocycles. The highest BCUT2D eigenvalue weighted by atomic mass is 35.5. The standard InChI is InChI=1S/C11H11ClN2/c1-11(4-5-11)3-2-8-6-9(12)14-10(13)7-8/h6-7H,4-5H2,1H3,(H2,13,14). The molecule has 1 saturated carbocycles. The minimum absolute atomic E-state index is 0.227. The van der Waals surface area contributed by atoms with Crippen LogP contribution in [0.2, 0.25) is 5.15 Å². The molecule has 0 atom stereocenters. The van der Waals surface area contributed by atoms with Crippen LogP contribution in [-0.4, -0.2) is 4.98 Å². The molecule has 2 rings (SSSR count). The van der Waals surface area contributed by atoms with E-state index in [0.717, 1.165) is 5.56 Å². The summed E-state index contributed by atoms with van der Waals surface area (Å²) in [6, 6.07) is 3.47. The van der Waals surface area contributed by atoms with Crippen LogP contribution in [0.15, 0.2) is 12.1 Å². The molecule has 14 heavy (non-hydrogen) atoms. The lowest BCUT2D eigenvalue weighted by molar-refractivity contribution is 0.783. The Labute approximate surface area is 88.5 Å². The van der Waals surface area contributed by atoms with E-state index in [1.54, 1.807) is 12.1 Å². The van der Waals surface area contributed by atoms with Gasteiger partial charge in [-0.05, 0) is 31.9 Å². The lowest BCUT2D eigenvalue weighted by Crippen LogP contribution is -1.92. The molecule has 1 aliphatic carbocycles. The third-order valence-electron chi connectivity index (χ3n) is 2.32. The van der Waals surface area contributed by atoms with Crippen molar-refractivity contribution in [1.82, 2.24) is 4.98 Å². The Morgan fingerprint density at radius 1 is 1.50 bits per heavy atom. The molecule has 0 aromatic carbocycles. The molecule has 0 unspecified atom stereocenters. The highest BCUT2D eigenvalue weighted by molar-refractivity contribution is 6.29. The average molecular weight is 207 g/mol. The van der Waals surface area contributed by atoms with E-state index in [1.807, 2.05) is 0 Å². The molecule has 1 aromatic heterocycles. The second kappa shape index (κ2) is 3.18. The number of hydrogen-bond acceptors (Lipinski definition) is 2. The Bertz CT molecular complexity index is 404. The van der Waals surface area contributed by atoms with Gasteiger partial charge in [0.15, 0.2) is 0 Å². The van der Waals surface area contributed by atoms with Crippen molar-refractivity contribution in [2.75, 3.05) is 5.73 Å². The smallest absolute Gasteiger partial charge is 0.132 e. The Balaban J connectivity index is 2.27. The summed E-state index contributed by atoms with van der Waals surface area (Å²) in [6.45, 7) is 2.16. The highest BCUT2D eigenvalue weighted by Crippen LogP contribution is 2.44. The van der Waals surface area contributed by atoms with Gasteiger partial charge in [-0.15, -0.1) is 0 Å². The molecule has 0 amide bonds. The van der Waals surface area contributed by atoms with Crippen LogP contribution in [-0.2, 0) is 0 Å². The van der Waals surface area contributed by atoms with E-state index in [2.05, 4.69) is 23.7 Å². The van der Waals surface area contributed by atoms with Gasteiger partial charge in [0.25, 0.3) is 0 Å². The van der Waals surface area contributed by atoms with Gasteiger partial charge in [-0.25, -0.2) is 4.98 Å². The van der Waals surface area contributed by atoms with Crippen LogP contribution in [0.25, 0.3) is 0 Å². The minimum atomic E-state index is 0.227. The molecular weight excluding hydrogens is 196 g/mol. The number of anilines is 1. The van der Waals surface area contributed by atoms with Gasteiger partial charge in [0.05, 0.1) is 0 Å². The summed E-state index contributed by atoms with van der Waals surface area (Å²) in [7, 11) is 0. The summed E-state index contributed by atoms with van der Waals surface area (Å²) in [4.78, 5) is 3.87. The molecule has 2 nitrogen and oxygen atoms in total. The predicted molar refractivity (Wildman–Crippen MR) is 57.9 cm³/mol. The van der Waals surface area contributed by atoms with E-state index in [1.165, 1.54) is 12.8 Å². The first kappa shape index (κ1) is 9.36. The Hall–Kier alpha value is -1.20. The first-order valence-corrected chi connectivity index (χ1v) is 4.91. The molecule has 0 spiro atoms. The van der Waals surface area contributed by atoms with Crippen molar-refractivity contribution >= 4 is 17.4 Å². The van der Waals surface area contributed by atoms with Gasteiger partial charge in [0.2, 0.25) is 0 Å². The van der Waals surface area contributed by atoms with Crippen LogP contribution < -0.4 is 5.73 Å². The number of nitrogens with zero attached hydrogens (tertiary/aromatic N) is 1. The minimum Gasteiger partial charge on any atom is -0.384 e. The molecule has 0 saturated heterocycles. The molecular formula is C11H11ClN2. The second-order valence-corrected chi connectivity index (χ2v) is 4.30. The first-order chi connectivity index (χ1) is 6.57. The maximum absolute atomic E-state index is 5.76. The lowest BCUT2D eigenvalue weighted by Gasteiger charge is -1.96. The zero-order valence-corrected chi connectivity index (χ0v) is 8.73. The largest absolute Gasteiger partial charge is 0.384 e. The summed E-state index contributed by atoms with van der Waals surface area (Å²) in [6.07, 6.45) is 2.38. The zero-order chi connectivity index (χ0) is 10.2. The van der Waals surface area contributed by atoms with Crippen molar-refractivity contribution < 1.29 is 0 Å². The molecule has 3 heteroatoms. The van der Waals surface area contributed by atoms with E-state index in [0.29, 0.717) is 11.0 Å². The van der Waals surface area contributed by atoms with Crippen LogP contribution >= 0.6 is 11.6 Å². The monoisotopic (exact) mass is 206 g/mol. The van der Waals surface area contributed by atoms with Gasteiger partial charge in [-0.3, -0.25) is 0 Å². The van der Waals surface area contributed by atoms with Gasteiger partial charge in [0, 0.05) is 11.0 Å². The van der Waals surface area contributed by atoms with E-state index >= 15 is 0 Å². The number of nitrogen functional groups attached to an aromatic ring is 1. The molecule has 1 aromatic rings. The topological polar surface area (TPSA) is 38.9 Å². The fraction of sp³-hybridized carbons (Fsp3) is 0.364. The summed E-state index contributed by atoms with van der Waals surface area (Å²) in [5.41, 5.74) is 6.62. The fourth-order valence-corrected chi connectivity index (χ4v) is 1.34. The number of nitrogens with two attached hydrogens (primary N) is 1. The highest BCUT2D eigenvalue weighted by Gasteiger charge is 2.35. The third-order valence-corrected chi connectivity index (χ3v) is 2.52. The maximum Gasteiger partial charge on any atom is 0.132 e. The first-order valence-electron chi connectivity index (χ1n) is 4.54. The van der Waals surface area contributed by atoms with Gasteiger partial charge >= 0.3 is 0 Å². The quantitative estimate of drug-likeness (QED) is 0.523. The van der Waals surface area contributed by atoms with Gasteiger partial charge in [-0.2, -0.15) is 0 Å². The van der Waals surface area contributed by atoms with Crippen molar-refractivity contribution in [3.05, 3.63) is 22.8 Å². The summed E-state index contributed by atoms with van der Waals surface area (Å²) < 4.78 is 0.